The minimum absolute atomic E-state index is 0.0149. The van der Waals surface area contributed by atoms with Crippen molar-refractivity contribution in [2.75, 3.05) is 13.2 Å². The highest BCUT2D eigenvalue weighted by molar-refractivity contribution is 5.90. The van der Waals surface area contributed by atoms with E-state index in [1.54, 1.807) is 37.3 Å². The minimum Gasteiger partial charge on any atom is -0.508 e. The zero-order chi connectivity index (χ0) is 30.4. The van der Waals surface area contributed by atoms with Crippen molar-refractivity contribution in [3.8, 4) is 5.75 Å². The molecule has 3 aliphatic carbocycles. The van der Waals surface area contributed by atoms with Gasteiger partial charge in [-0.2, -0.15) is 0 Å². The number of hydrogen-bond acceptors (Lipinski definition) is 13. The van der Waals surface area contributed by atoms with E-state index in [1.165, 1.54) is 24.3 Å². The van der Waals surface area contributed by atoms with Crippen LogP contribution in [0.15, 0.2) is 54.6 Å². The number of aliphatic hydroxyl groups excluding tert-OH is 3. The fourth-order valence-corrected chi connectivity index (χ4v) is 7.70. The van der Waals surface area contributed by atoms with Crippen molar-refractivity contribution in [2.24, 2.45) is 11.3 Å². The van der Waals surface area contributed by atoms with Gasteiger partial charge in [-0.1, -0.05) is 18.2 Å². The maximum Gasteiger partial charge on any atom is 0.338 e. The van der Waals surface area contributed by atoms with Crippen molar-refractivity contribution < 1.29 is 63.5 Å². The molecular weight excluding hydrogens is 568 g/mol. The van der Waals surface area contributed by atoms with Crippen LogP contribution in [0.3, 0.4) is 0 Å². The fraction of sp³-hybridized carbons (Fsp3) is 0.533. The van der Waals surface area contributed by atoms with Crippen molar-refractivity contribution in [3.05, 3.63) is 65.7 Å². The molecule has 0 radical (unpaired) electrons. The molecule has 11 atom stereocenters. The van der Waals surface area contributed by atoms with Crippen LogP contribution in [0.25, 0.3) is 0 Å². The highest BCUT2D eigenvalue weighted by Gasteiger charge is 2.94. The Bertz CT molecular complexity index is 1420. The predicted octanol–water partition coefficient (Wildman–Crippen LogP) is 0.213. The number of aromatic hydroxyl groups is 1. The first kappa shape index (κ1) is 28.6. The molecular formula is C30H32O13. The van der Waals surface area contributed by atoms with Crippen molar-refractivity contribution in [1.29, 1.82) is 0 Å². The molecule has 4 heterocycles. The second-order valence-electron chi connectivity index (χ2n) is 12.2. The Labute approximate surface area is 245 Å². The summed E-state index contributed by atoms with van der Waals surface area (Å²) in [5.41, 5.74) is -3.18. The first-order valence-corrected chi connectivity index (χ1v) is 14.1. The van der Waals surface area contributed by atoms with Gasteiger partial charge in [0.25, 0.3) is 0 Å². The Hall–Kier alpha value is -3.14. The monoisotopic (exact) mass is 600 g/mol. The van der Waals surface area contributed by atoms with Gasteiger partial charge in [0.2, 0.25) is 0 Å². The zero-order valence-corrected chi connectivity index (χ0v) is 23.1. The summed E-state index contributed by atoms with van der Waals surface area (Å²) in [7, 11) is 0. The minimum atomic E-state index is -1.71. The first-order valence-electron chi connectivity index (χ1n) is 14.1. The van der Waals surface area contributed by atoms with E-state index in [1.807, 2.05) is 0 Å². The average Bonchev–Trinajstić information content (AvgIpc) is 3.18. The van der Waals surface area contributed by atoms with Crippen LogP contribution in [-0.4, -0.2) is 105 Å². The van der Waals surface area contributed by atoms with Crippen LogP contribution in [0.5, 0.6) is 5.75 Å². The smallest absolute Gasteiger partial charge is 0.338 e. The Morgan fingerprint density at radius 2 is 1.58 bits per heavy atom. The van der Waals surface area contributed by atoms with E-state index in [2.05, 4.69) is 0 Å². The number of benzene rings is 2. The number of esters is 2. The summed E-state index contributed by atoms with van der Waals surface area (Å²) in [6.07, 6.45) is -8.57. The van der Waals surface area contributed by atoms with Gasteiger partial charge in [0, 0.05) is 12.3 Å². The Kier molecular flexibility index (Phi) is 6.44. The Morgan fingerprint density at radius 1 is 0.907 bits per heavy atom. The average molecular weight is 601 g/mol. The molecule has 6 bridgehead atoms. The number of aliphatic hydroxyl groups is 4. The number of rotatable bonds is 8. The summed E-state index contributed by atoms with van der Waals surface area (Å²) < 4.78 is 35.6. The molecule has 3 saturated carbocycles. The zero-order valence-electron chi connectivity index (χ0n) is 23.1. The molecule has 13 heteroatoms. The predicted molar refractivity (Wildman–Crippen MR) is 140 cm³/mol. The summed E-state index contributed by atoms with van der Waals surface area (Å²) in [4.78, 5) is 25.4. The van der Waals surface area contributed by atoms with Gasteiger partial charge in [-0.3, -0.25) is 0 Å². The molecule has 2 aromatic carbocycles. The molecule has 7 aliphatic rings. The van der Waals surface area contributed by atoms with Crippen LogP contribution in [0.4, 0.5) is 0 Å². The Morgan fingerprint density at radius 3 is 2.30 bits per heavy atom. The molecule has 9 rings (SSSR count). The largest absolute Gasteiger partial charge is 0.508 e. The van der Waals surface area contributed by atoms with Crippen LogP contribution < -0.4 is 0 Å². The van der Waals surface area contributed by atoms with Crippen LogP contribution in [-0.2, 0) is 28.4 Å². The third-order valence-corrected chi connectivity index (χ3v) is 9.87. The number of hydrogen-bond donors (Lipinski definition) is 5. The highest BCUT2D eigenvalue weighted by atomic mass is 16.8. The molecule has 2 aromatic rings. The molecule has 0 spiro atoms. The van der Waals surface area contributed by atoms with Gasteiger partial charge in [-0.25, -0.2) is 9.59 Å². The third kappa shape index (κ3) is 3.93. The molecule has 43 heavy (non-hydrogen) atoms. The van der Waals surface area contributed by atoms with Crippen molar-refractivity contribution in [2.45, 2.75) is 73.8 Å². The second kappa shape index (κ2) is 9.68. The molecule has 13 nitrogen and oxygen atoms in total. The highest BCUT2D eigenvalue weighted by Crippen LogP contribution is 2.81. The summed E-state index contributed by atoms with van der Waals surface area (Å²) >= 11 is 0. The fourth-order valence-electron chi connectivity index (χ4n) is 7.70. The van der Waals surface area contributed by atoms with Gasteiger partial charge in [0.1, 0.15) is 54.6 Å². The summed E-state index contributed by atoms with van der Waals surface area (Å²) in [6.45, 7) is 1.01. The van der Waals surface area contributed by atoms with Crippen LogP contribution >= 0.6 is 0 Å². The Balaban J connectivity index is 1.12. The van der Waals surface area contributed by atoms with Crippen LogP contribution in [0, 0.1) is 11.3 Å². The molecule has 0 aromatic heterocycles. The van der Waals surface area contributed by atoms with Gasteiger partial charge < -0.3 is 54.0 Å². The lowest BCUT2D eigenvalue weighted by molar-refractivity contribution is -0.424. The quantitative estimate of drug-likeness (QED) is 0.259. The van der Waals surface area contributed by atoms with Crippen LogP contribution in [0.2, 0.25) is 0 Å². The third-order valence-electron chi connectivity index (χ3n) is 9.87. The molecule has 4 aliphatic heterocycles. The number of carbonyl (C=O) groups is 2. The number of phenols is 1. The lowest BCUT2D eigenvalue weighted by Gasteiger charge is -2.67. The molecule has 0 amide bonds. The normalized spacial score (nSPS) is 43.7. The number of carbonyl (C=O) groups excluding carboxylic acids is 2. The van der Waals surface area contributed by atoms with Gasteiger partial charge in [-0.15, -0.1) is 0 Å². The van der Waals surface area contributed by atoms with Crippen LogP contribution in [0.1, 0.15) is 40.5 Å². The van der Waals surface area contributed by atoms with E-state index in [4.69, 9.17) is 28.4 Å². The number of phenolic OH excluding ortho intramolecular Hbond substituents is 1. The lowest BCUT2D eigenvalue weighted by Crippen LogP contribution is -2.80. The summed E-state index contributed by atoms with van der Waals surface area (Å²) in [6, 6.07) is 13.7. The van der Waals surface area contributed by atoms with Crippen molar-refractivity contribution in [1.82, 2.24) is 0 Å². The molecule has 1 unspecified atom stereocenters. The van der Waals surface area contributed by atoms with E-state index < -0.39 is 83.9 Å². The van der Waals surface area contributed by atoms with Gasteiger partial charge in [0.05, 0.1) is 16.5 Å². The van der Waals surface area contributed by atoms with Gasteiger partial charge in [0.15, 0.2) is 18.4 Å². The van der Waals surface area contributed by atoms with Gasteiger partial charge in [-0.05, 0) is 49.7 Å². The molecule has 4 saturated heterocycles. The summed E-state index contributed by atoms with van der Waals surface area (Å²) in [5, 5.41) is 53.2. The molecule has 5 N–H and O–H groups in total. The molecule has 230 valence electrons. The van der Waals surface area contributed by atoms with E-state index >= 15 is 0 Å². The second-order valence-corrected chi connectivity index (χ2v) is 12.2. The SMILES string of the molecule is CC12C[C@@]3(O)O[C@@H](O1)[C@]1(COC(=O)c4ccc(O)cc4)[C@H]3C[C@]21O[C@@H]1O[C@H](COC(=O)c2ccccc2)[C@@H](O)[C@H](O)[C@H]1O. The summed E-state index contributed by atoms with van der Waals surface area (Å²) in [5.74, 6) is -3.46. The maximum absolute atomic E-state index is 12.9. The van der Waals surface area contributed by atoms with E-state index in [0.717, 1.165) is 0 Å². The first-order chi connectivity index (χ1) is 20.4. The maximum atomic E-state index is 12.9. The standard InChI is InChI=1S/C30H32O13/c1-27-13-29(37)19-11-30(27,28(19,26(42-27)43-29)14-39-24(36)16-7-9-17(31)10-8-16)41-25-22(34)21(33)20(32)18(40-25)12-38-23(35)15-5-3-2-4-6-15/h2-10,18-22,25-26,31-34,37H,11-14H2,1H3/t18-,19-,20-,21+,22-,25+,26-,27?,28+,29-,30+/m1/s1. The molecule has 7 fully saturated rings. The lowest BCUT2D eigenvalue weighted by atomic mass is 9.41. The van der Waals surface area contributed by atoms with E-state index in [-0.39, 0.29) is 36.3 Å². The van der Waals surface area contributed by atoms with E-state index in [0.29, 0.717) is 0 Å². The topological polar surface area (TPSA) is 191 Å². The van der Waals surface area contributed by atoms with E-state index in [9.17, 15) is 35.1 Å². The van der Waals surface area contributed by atoms with Crippen molar-refractivity contribution >= 4 is 11.9 Å². The van der Waals surface area contributed by atoms with Crippen molar-refractivity contribution in [3.63, 3.8) is 0 Å². The number of ether oxygens (including phenoxy) is 6. The van der Waals surface area contributed by atoms with Gasteiger partial charge >= 0.3 is 11.9 Å².